The van der Waals surface area contributed by atoms with Gasteiger partial charge in [-0.25, -0.2) is 17.8 Å². The highest BCUT2D eigenvalue weighted by atomic mass is 35.5. The second kappa shape index (κ2) is 4.60. The molecule has 1 fully saturated rings. The Morgan fingerprint density at radius 3 is 2.65 bits per heavy atom. The number of benzene rings is 1. The molecule has 0 amide bonds. The Morgan fingerprint density at radius 2 is 2.00 bits per heavy atom. The van der Waals surface area contributed by atoms with Gasteiger partial charge in [0.05, 0.1) is 27.6 Å². The maximum absolute atomic E-state index is 13.4. The van der Waals surface area contributed by atoms with Gasteiger partial charge in [-0.3, -0.25) is 0 Å². The van der Waals surface area contributed by atoms with E-state index in [1.165, 1.54) is 12.1 Å². The molecule has 0 atom stereocenters. The van der Waals surface area contributed by atoms with E-state index in [4.69, 9.17) is 17.3 Å². The average molecular weight is 318 g/mol. The molecule has 0 radical (unpaired) electrons. The zero-order chi connectivity index (χ0) is 14.5. The zero-order valence-corrected chi connectivity index (χ0v) is 12.1. The van der Waals surface area contributed by atoms with Gasteiger partial charge >= 0.3 is 0 Å². The molecule has 5 nitrogen and oxygen atoms in total. The van der Waals surface area contributed by atoms with Crippen molar-refractivity contribution in [3.63, 3.8) is 0 Å². The van der Waals surface area contributed by atoms with Crippen LogP contribution in [0.25, 0.3) is 11.0 Å². The summed E-state index contributed by atoms with van der Waals surface area (Å²) in [4.78, 5) is 4.12. The van der Waals surface area contributed by atoms with E-state index in [0.717, 1.165) is 0 Å². The molecule has 1 aliphatic rings. The Kier molecular flexibility index (Phi) is 3.13. The van der Waals surface area contributed by atoms with Crippen LogP contribution in [0.5, 0.6) is 0 Å². The fraction of sp³-hybridized carbons (Fsp3) is 0.417. The van der Waals surface area contributed by atoms with Crippen LogP contribution in [0.3, 0.4) is 0 Å². The van der Waals surface area contributed by atoms with Crippen LogP contribution in [-0.2, 0) is 9.84 Å². The van der Waals surface area contributed by atoms with E-state index in [2.05, 4.69) is 4.98 Å². The Hall–Kier alpha value is -1.34. The van der Waals surface area contributed by atoms with Gasteiger partial charge in [-0.05, 0) is 18.9 Å². The van der Waals surface area contributed by atoms with Gasteiger partial charge in [-0.2, -0.15) is 0 Å². The summed E-state index contributed by atoms with van der Waals surface area (Å²) in [6.45, 7) is 0. The lowest BCUT2D eigenvalue weighted by atomic mass is 10.1. The first-order valence-corrected chi connectivity index (χ1v) is 8.40. The molecule has 1 aromatic heterocycles. The number of sulfone groups is 1. The van der Waals surface area contributed by atoms with E-state index < -0.39 is 15.7 Å². The molecular formula is C12H13ClFN3O2S. The van der Waals surface area contributed by atoms with Crippen molar-refractivity contribution in [2.45, 2.75) is 18.9 Å². The third-order valence-electron chi connectivity index (χ3n) is 3.65. The van der Waals surface area contributed by atoms with Gasteiger partial charge in [-0.15, -0.1) is 0 Å². The quantitative estimate of drug-likeness (QED) is 0.874. The number of hydrogen-bond donors (Lipinski definition) is 1. The van der Waals surface area contributed by atoms with E-state index in [1.54, 1.807) is 4.57 Å². The van der Waals surface area contributed by atoms with E-state index in [9.17, 15) is 12.8 Å². The summed E-state index contributed by atoms with van der Waals surface area (Å²) in [5.41, 5.74) is 6.95. The van der Waals surface area contributed by atoms with E-state index in [0.29, 0.717) is 23.9 Å². The van der Waals surface area contributed by atoms with E-state index >= 15 is 0 Å². The van der Waals surface area contributed by atoms with E-state index in [-0.39, 0.29) is 28.5 Å². The molecule has 1 saturated heterocycles. The van der Waals surface area contributed by atoms with Crippen LogP contribution in [0, 0.1) is 5.82 Å². The number of imidazole rings is 1. The standard InChI is InChI=1S/C12H13ClFN3O2S/c13-8-5-11-10(6-9(8)14)16-12(15)17(11)7-1-3-20(18,19)4-2-7/h5-7H,1-4H2,(H2,15,16). The number of nitrogens with zero attached hydrogens (tertiary/aromatic N) is 2. The van der Waals surface area contributed by atoms with Gasteiger partial charge < -0.3 is 10.3 Å². The van der Waals surface area contributed by atoms with Crippen LogP contribution < -0.4 is 5.73 Å². The molecule has 3 rings (SSSR count). The Morgan fingerprint density at radius 1 is 1.35 bits per heavy atom. The summed E-state index contributed by atoms with van der Waals surface area (Å²) in [6, 6.07) is 2.67. The predicted molar refractivity (Wildman–Crippen MR) is 76.0 cm³/mol. The van der Waals surface area contributed by atoms with E-state index in [1.807, 2.05) is 0 Å². The van der Waals surface area contributed by atoms with Crippen molar-refractivity contribution >= 4 is 38.4 Å². The highest BCUT2D eigenvalue weighted by Gasteiger charge is 2.27. The normalized spacial score (nSPS) is 19.5. The Labute approximate surface area is 120 Å². The van der Waals surface area contributed by atoms with Crippen molar-refractivity contribution in [2.24, 2.45) is 0 Å². The molecule has 0 aliphatic carbocycles. The SMILES string of the molecule is Nc1nc2cc(F)c(Cl)cc2n1C1CCS(=O)(=O)CC1. The fourth-order valence-corrected chi connectivity index (χ4v) is 4.25. The van der Waals surface area contributed by atoms with Crippen molar-refractivity contribution < 1.29 is 12.8 Å². The second-order valence-corrected chi connectivity index (χ2v) is 7.69. The van der Waals surface area contributed by atoms with Gasteiger partial charge in [0.2, 0.25) is 5.95 Å². The van der Waals surface area contributed by atoms with Crippen LogP contribution in [0.15, 0.2) is 12.1 Å². The third kappa shape index (κ3) is 2.25. The summed E-state index contributed by atoms with van der Waals surface area (Å²) in [5, 5.41) is 0.00193. The molecule has 2 aromatic rings. The number of hydrogen-bond acceptors (Lipinski definition) is 4. The first-order valence-electron chi connectivity index (χ1n) is 6.20. The maximum atomic E-state index is 13.4. The first-order chi connectivity index (χ1) is 9.37. The average Bonchev–Trinajstić information content (AvgIpc) is 2.66. The topological polar surface area (TPSA) is 78.0 Å². The molecule has 0 bridgehead atoms. The lowest BCUT2D eigenvalue weighted by Crippen LogP contribution is -2.26. The summed E-state index contributed by atoms with van der Waals surface area (Å²) in [5.74, 6) is -0.0294. The minimum atomic E-state index is -2.95. The number of fused-ring (bicyclic) bond motifs is 1. The van der Waals surface area contributed by atoms with Crippen molar-refractivity contribution in [1.29, 1.82) is 0 Å². The van der Waals surface area contributed by atoms with Crippen LogP contribution in [0.1, 0.15) is 18.9 Å². The highest BCUT2D eigenvalue weighted by molar-refractivity contribution is 7.91. The third-order valence-corrected chi connectivity index (χ3v) is 5.65. The molecular weight excluding hydrogens is 305 g/mol. The number of nitrogens with two attached hydrogens (primary N) is 1. The molecule has 0 unspecified atom stereocenters. The van der Waals surface area contributed by atoms with Crippen LogP contribution in [0.4, 0.5) is 10.3 Å². The molecule has 1 aliphatic heterocycles. The summed E-state index contributed by atoms with van der Waals surface area (Å²) >= 11 is 5.80. The van der Waals surface area contributed by atoms with Crippen LogP contribution in [0.2, 0.25) is 5.02 Å². The number of anilines is 1. The lowest BCUT2D eigenvalue weighted by Gasteiger charge is -2.24. The lowest BCUT2D eigenvalue weighted by molar-refractivity contribution is 0.463. The van der Waals surface area contributed by atoms with Gasteiger partial charge in [-0.1, -0.05) is 11.6 Å². The van der Waals surface area contributed by atoms with Gasteiger partial charge in [0, 0.05) is 12.1 Å². The predicted octanol–water partition coefficient (Wildman–Crippen LogP) is 2.16. The summed E-state index contributed by atoms with van der Waals surface area (Å²) < 4.78 is 38.2. The van der Waals surface area contributed by atoms with Crippen molar-refractivity contribution in [1.82, 2.24) is 9.55 Å². The van der Waals surface area contributed by atoms with Crippen molar-refractivity contribution in [3.05, 3.63) is 23.0 Å². The summed E-state index contributed by atoms with van der Waals surface area (Å²) in [6.07, 6.45) is 0.958. The van der Waals surface area contributed by atoms with Crippen LogP contribution in [-0.4, -0.2) is 29.5 Å². The Balaban J connectivity index is 2.08. The minimum absolute atomic E-state index is 0.00193. The monoisotopic (exact) mass is 317 g/mol. The molecule has 2 heterocycles. The summed E-state index contributed by atoms with van der Waals surface area (Å²) in [7, 11) is -2.95. The van der Waals surface area contributed by atoms with Gasteiger partial charge in [0.15, 0.2) is 0 Å². The largest absolute Gasteiger partial charge is 0.369 e. The second-order valence-electron chi connectivity index (χ2n) is 4.98. The number of halogens is 2. The minimum Gasteiger partial charge on any atom is -0.369 e. The first kappa shape index (κ1) is 13.6. The molecule has 108 valence electrons. The number of rotatable bonds is 1. The van der Waals surface area contributed by atoms with Crippen molar-refractivity contribution in [3.8, 4) is 0 Å². The molecule has 2 N–H and O–H groups in total. The smallest absolute Gasteiger partial charge is 0.201 e. The van der Waals surface area contributed by atoms with Crippen molar-refractivity contribution in [2.75, 3.05) is 17.2 Å². The van der Waals surface area contributed by atoms with Gasteiger partial charge in [0.1, 0.15) is 15.7 Å². The van der Waals surface area contributed by atoms with Gasteiger partial charge in [0.25, 0.3) is 0 Å². The Bertz CT molecular complexity index is 774. The van der Waals surface area contributed by atoms with Crippen LogP contribution >= 0.6 is 11.6 Å². The molecule has 0 spiro atoms. The fourth-order valence-electron chi connectivity index (χ4n) is 2.63. The molecule has 1 aromatic carbocycles. The molecule has 8 heteroatoms. The maximum Gasteiger partial charge on any atom is 0.201 e. The molecule has 0 saturated carbocycles. The number of aromatic nitrogens is 2. The number of nitrogen functional groups attached to an aromatic ring is 1. The zero-order valence-electron chi connectivity index (χ0n) is 10.5. The highest BCUT2D eigenvalue weighted by Crippen LogP contribution is 2.32. The molecule has 20 heavy (non-hydrogen) atoms.